The highest BCUT2D eigenvalue weighted by Crippen LogP contribution is 2.27. The van der Waals surface area contributed by atoms with E-state index in [2.05, 4.69) is 30.6 Å². The lowest BCUT2D eigenvalue weighted by Crippen LogP contribution is -2.45. The lowest BCUT2D eigenvalue weighted by atomic mass is 10.0. The van der Waals surface area contributed by atoms with Crippen LogP contribution >= 0.6 is 15.9 Å². The van der Waals surface area contributed by atoms with Crippen molar-refractivity contribution in [1.82, 2.24) is 19.0 Å². The first-order chi connectivity index (χ1) is 15.5. The summed E-state index contributed by atoms with van der Waals surface area (Å²) in [5.74, 6) is -0.253. The molecule has 3 aromatic rings. The maximum atomic E-state index is 12.9. The largest absolute Gasteiger partial charge is 0.573 e. The van der Waals surface area contributed by atoms with Gasteiger partial charge in [-0.1, -0.05) is 12.1 Å². The van der Waals surface area contributed by atoms with Crippen LogP contribution in [0.5, 0.6) is 5.75 Å². The number of hydrogen-bond acceptors (Lipinski definition) is 5. The number of alkyl halides is 3. The zero-order valence-corrected chi connectivity index (χ0v) is 19.6. The molecule has 176 valence electrons. The molecule has 2 aromatic heterocycles. The molecule has 0 N–H and O–H groups in total. The van der Waals surface area contributed by atoms with Crippen LogP contribution in [0.25, 0.3) is 11.2 Å². The molecule has 11 heteroatoms. The number of piperidine rings is 1. The van der Waals surface area contributed by atoms with Crippen LogP contribution in [-0.2, 0) is 13.6 Å². The lowest BCUT2D eigenvalue weighted by Gasteiger charge is -2.33. The Morgan fingerprint density at radius 1 is 1.12 bits per heavy atom. The summed E-state index contributed by atoms with van der Waals surface area (Å²) in [4.78, 5) is 32.2. The van der Waals surface area contributed by atoms with E-state index in [0.29, 0.717) is 43.6 Å². The molecule has 0 bridgehead atoms. The lowest BCUT2D eigenvalue weighted by molar-refractivity contribution is -0.274. The monoisotopic (exact) mass is 526 g/mol. The molecule has 0 amide bonds. The average molecular weight is 527 g/mol. The van der Waals surface area contributed by atoms with Crippen molar-refractivity contribution in [3.63, 3.8) is 0 Å². The summed E-state index contributed by atoms with van der Waals surface area (Å²) in [5, 5.41) is 0. The van der Waals surface area contributed by atoms with Crippen LogP contribution in [0.3, 0.4) is 0 Å². The van der Waals surface area contributed by atoms with Crippen molar-refractivity contribution in [2.24, 2.45) is 7.05 Å². The highest BCUT2D eigenvalue weighted by atomic mass is 79.9. The second-order valence-electron chi connectivity index (χ2n) is 8.14. The third-order valence-corrected chi connectivity index (χ3v) is 6.70. The van der Waals surface area contributed by atoms with E-state index in [4.69, 9.17) is 0 Å². The first-order valence-corrected chi connectivity index (χ1v) is 11.2. The topological polar surface area (TPSA) is 69.4 Å². The van der Waals surface area contributed by atoms with Gasteiger partial charge in [-0.15, -0.1) is 13.2 Å². The average Bonchev–Trinajstić information content (AvgIpc) is 2.75. The van der Waals surface area contributed by atoms with E-state index in [1.54, 1.807) is 25.2 Å². The van der Waals surface area contributed by atoms with Gasteiger partial charge in [0.05, 0.1) is 11.2 Å². The second kappa shape index (κ2) is 8.94. The number of aryl methyl sites for hydroxylation is 2. The zero-order valence-electron chi connectivity index (χ0n) is 18.0. The minimum atomic E-state index is -4.71. The van der Waals surface area contributed by atoms with Gasteiger partial charge in [0, 0.05) is 37.2 Å². The molecule has 4 rings (SSSR count). The summed E-state index contributed by atoms with van der Waals surface area (Å²) in [6.07, 6.45) is -3.42. The fraction of sp³-hybridized carbons (Fsp3) is 0.409. The molecule has 1 aliphatic heterocycles. The highest BCUT2D eigenvalue weighted by molar-refractivity contribution is 9.10. The highest BCUT2D eigenvalue weighted by Gasteiger charge is 2.31. The third-order valence-electron chi connectivity index (χ3n) is 5.89. The number of aromatic nitrogens is 3. The van der Waals surface area contributed by atoms with Gasteiger partial charge in [-0.2, -0.15) is 0 Å². The summed E-state index contributed by atoms with van der Waals surface area (Å²) < 4.78 is 44.5. The van der Waals surface area contributed by atoms with Gasteiger partial charge in [-0.05, 0) is 59.5 Å². The molecule has 0 atom stereocenters. The second-order valence-corrected chi connectivity index (χ2v) is 8.99. The van der Waals surface area contributed by atoms with E-state index in [1.807, 2.05) is 6.92 Å². The molecule has 3 heterocycles. The minimum Gasteiger partial charge on any atom is -0.406 e. The van der Waals surface area contributed by atoms with Gasteiger partial charge >= 0.3 is 17.5 Å². The summed E-state index contributed by atoms with van der Waals surface area (Å²) >= 11 is 3.44. The number of fused-ring (bicyclic) bond motifs is 1. The molecule has 0 saturated carbocycles. The van der Waals surface area contributed by atoms with Crippen LogP contribution in [-0.4, -0.2) is 38.5 Å². The molecule has 0 spiro atoms. The molecule has 1 aromatic carbocycles. The van der Waals surface area contributed by atoms with E-state index in [9.17, 15) is 22.8 Å². The van der Waals surface area contributed by atoms with E-state index < -0.39 is 17.5 Å². The summed E-state index contributed by atoms with van der Waals surface area (Å²) in [7, 11) is 1.56. The third kappa shape index (κ3) is 4.98. The quantitative estimate of drug-likeness (QED) is 0.482. The molecular weight excluding hydrogens is 505 g/mol. The molecule has 1 aliphatic rings. The predicted molar refractivity (Wildman–Crippen MR) is 120 cm³/mol. The predicted octanol–water partition coefficient (Wildman–Crippen LogP) is 3.90. The van der Waals surface area contributed by atoms with Crippen LogP contribution in [0, 0.1) is 6.92 Å². The normalized spacial score (nSPS) is 15.8. The number of nitrogens with zero attached hydrogens (tertiary/aromatic N) is 4. The number of halogens is 4. The van der Waals surface area contributed by atoms with Crippen molar-refractivity contribution in [2.75, 3.05) is 13.1 Å². The number of hydrogen-bond donors (Lipinski definition) is 0. The first kappa shape index (κ1) is 23.5. The Bertz CT molecular complexity index is 1290. The van der Waals surface area contributed by atoms with Crippen molar-refractivity contribution in [3.05, 3.63) is 66.8 Å². The molecule has 0 radical (unpaired) electrons. The van der Waals surface area contributed by atoms with Crippen LogP contribution in [0.1, 0.15) is 30.1 Å². The Kier molecular flexibility index (Phi) is 6.37. The molecule has 1 fully saturated rings. The van der Waals surface area contributed by atoms with Crippen molar-refractivity contribution in [2.45, 2.75) is 38.7 Å². The number of likely N-dealkylation sites (tertiary alicyclic amines) is 1. The number of rotatable bonds is 4. The molecule has 33 heavy (non-hydrogen) atoms. The Hall–Kier alpha value is -2.66. The molecule has 1 saturated heterocycles. The fourth-order valence-electron chi connectivity index (χ4n) is 4.16. The smallest absolute Gasteiger partial charge is 0.406 e. The van der Waals surface area contributed by atoms with Gasteiger partial charge < -0.3 is 9.30 Å². The minimum absolute atomic E-state index is 0.166. The van der Waals surface area contributed by atoms with Crippen molar-refractivity contribution < 1.29 is 17.9 Å². The SMILES string of the molecule is Cc1nc2c(cc1Br)n(C)c(=O)c(=O)n2C1CCN(Cc2ccc(OC(F)(F)F)cc2)CC1. The van der Waals surface area contributed by atoms with E-state index in [0.717, 1.165) is 15.7 Å². The van der Waals surface area contributed by atoms with Gasteiger partial charge in [0.25, 0.3) is 0 Å². The Labute approximate surface area is 195 Å². The number of benzene rings is 1. The number of ether oxygens (including phenoxy) is 1. The van der Waals surface area contributed by atoms with Crippen molar-refractivity contribution >= 4 is 27.1 Å². The Morgan fingerprint density at radius 2 is 1.76 bits per heavy atom. The van der Waals surface area contributed by atoms with Gasteiger partial charge in [-0.25, -0.2) is 4.98 Å². The molecular formula is C22H22BrF3N4O3. The van der Waals surface area contributed by atoms with Gasteiger partial charge in [-0.3, -0.25) is 19.1 Å². The number of pyridine rings is 1. The van der Waals surface area contributed by atoms with Gasteiger partial charge in [0.2, 0.25) is 0 Å². The van der Waals surface area contributed by atoms with E-state index in [-0.39, 0.29) is 11.8 Å². The summed E-state index contributed by atoms with van der Waals surface area (Å²) in [6, 6.07) is 7.45. The Morgan fingerprint density at radius 3 is 2.36 bits per heavy atom. The van der Waals surface area contributed by atoms with Crippen LogP contribution in [0.4, 0.5) is 13.2 Å². The van der Waals surface area contributed by atoms with E-state index in [1.165, 1.54) is 21.3 Å². The standard InChI is InChI=1S/C22H22BrF3N4O3/c1-13-17(23)11-18-19(27-13)30(21(32)20(31)28(18)2)15-7-9-29(10-8-15)12-14-3-5-16(6-4-14)33-22(24,25)26/h3-6,11,15H,7-10,12H2,1-2H3. The Balaban J connectivity index is 1.51. The summed E-state index contributed by atoms with van der Waals surface area (Å²) in [6.45, 7) is 3.74. The van der Waals surface area contributed by atoms with Crippen LogP contribution in [0.2, 0.25) is 0 Å². The molecule has 7 nitrogen and oxygen atoms in total. The maximum Gasteiger partial charge on any atom is 0.573 e. The van der Waals surface area contributed by atoms with Crippen molar-refractivity contribution in [1.29, 1.82) is 0 Å². The zero-order chi connectivity index (χ0) is 23.9. The molecule has 0 unspecified atom stereocenters. The molecule has 0 aliphatic carbocycles. The van der Waals surface area contributed by atoms with Crippen LogP contribution < -0.4 is 15.9 Å². The van der Waals surface area contributed by atoms with Crippen LogP contribution in [0.15, 0.2) is 44.4 Å². The summed E-state index contributed by atoms with van der Waals surface area (Å²) in [5.41, 5.74) is 1.48. The maximum absolute atomic E-state index is 12.9. The van der Waals surface area contributed by atoms with Gasteiger partial charge in [0.15, 0.2) is 5.65 Å². The van der Waals surface area contributed by atoms with Gasteiger partial charge in [0.1, 0.15) is 5.75 Å². The van der Waals surface area contributed by atoms with Crippen molar-refractivity contribution in [3.8, 4) is 5.75 Å². The first-order valence-electron chi connectivity index (χ1n) is 10.4. The fourth-order valence-corrected chi connectivity index (χ4v) is 4.47. The van der Waals surface area contributed by atoms with E-state index >= 15 is 0 Å².